The molecule has 2 rings (SSSR count). The minimum Gasteiger partial charge on any atom is -0.490 e. The van der Waals surface area contributed by atoms with E-state index in [0.29, 0.717) is 6.61 Å². The first-order chi connectivity index (χ1) is 10.2. The maximum atomic E-state index is 5.93. The molecule has 0 aromatic heterocycles. The number of para-hydroxylation sites is 2. The van der Waals surface area contributed by atoms with E-state index < -0.39 is 0 Å². The summed E-state index contributed by atoms with van der Waals surface area (Å²) in [6.45, 7) is 6.46. The molecule has 0 aliphatic rings. The summed E-state index contributed by atoms with van der Waals surface area (Å²) in [4.78, 5) is 0. The van der Waals surface area contributed by atoms with Gasteiger partial charge in [0.15, 0.2) is 11.5 Å². The SMILES string of the molecule is CCNCc1ccc(Oc2ccccc2OCC)cc1Br. The van der Waals surface area contributed by atoms with Crippen LogP contribution in [0.15, 0.2) is 46.9 Å². The Bertz CT molecular complexity index is 587. The largest absolute Gasteiger partial charge is 0.490 e. The lowest BCUT2D eigenvalue weighted by Gasteiger charge is -2.12. The van der Waals surface area contributed by atoms with Crippen molar-refractivity contribution >= 4 is 15.9 Å². The molecule has 0 aliphatic carbocycles. The van der Waals surface area contributed by atoms with Gasteiger partial charge in [0.25, 0.3) is 0 Å². The average molecular weight is 350 g/mol. The van der Waals surface area contributed by atoms with Crippen molar-refractivity contribution < 1.29 is 9.47 Å². The molecular formula is C17H20BrNO2. The molecular weight excluding hydrogens is 330 g/mol. The maximum absolute atomic E-state index is 5.93. The summed E-state index contributed by atoms with van der Waals surface area (Å²) >= 11 is 3.59. The third kappa shape index (κ3) is 4.48. The molecule has 2 aromatic rings. The van der Waals surface area contributed by atoms with Gasteiger partial charge in [-0.3, -0.25) is 0 Å². The van der Waals surface area contributed by atoms with E-state index in [0.717, 1.165) is 34.8 Å². The van der Waals surface area contributed by atoms with E-state index in [2.05, 4.69) is 34.2 Å². The Morgan fingerprint density at radius 1 is 1.05 bits per heavy atom. The van der Waals surface area contributed by atoms with Gasteiger partial charge in [0, 0.05) is 11.0 Å². The van der Waals surface area contributed by atoms with Gasteiger partial charge in [-0.25, -0.2) is 0 Å². The van der Waals surface area contributed by atoms with Crippen LogP contribution in [0.3, 0.4) is 0 Å². The quantitative estimate of drug-likeness (QED) is 0.782. The van der Waals surface area contributed by atoms with Gasteiger partial charge in [0.1, 0.15) is 5.75 Å². The van der Waals surface area contributed by atoms with Gasteiger partial charge in [-0.05, 0) is 43.3 Å². The summed E-state index contributed by atoms with van der Waals surface area (Å²) in [6.07, 6.45) is 0. The van der Waals surface area contributed by atoms with Gasteiger partial charge in [-0.1, -0.05) is 41.1 Å². The molecule has 0 unspecified atom stereocenters. The van der Waals surface area contributed by atoms with Crippen LogP contribution in [0.5, 0.6) is 17.2 Å². The van der Waals surface area contributed by atoms with Gasteiger partial charge in [-0.2, -0.15) is 0 Å². The lowest BCUT2D eigenvalue weighted by atomic mass is 10.2. The van der Waals surface area contributed by atoms with Crippen LogP contribution >= 0.6 is 15.9 Å². The highest BCUT2D eigenvalue weighted by atomic mass is 79.9. The molecule has 3 nitrogen and oxygen atoms in total. The molecule has 0 bridgehead atoms. The van der Waals surface area contributed by atoms with Crippen LogP contribution in [-0.4, -0.2) is 13.2 Å². The standard InChI is InChI=1S/C17H20BrNO2/c1-3-19-12-13-9-10-14(11-15(13)18)21-17-8-6-5-7-16(17)20-4-2/h5-11,19H,3-4,12H2,1-2H3. The normalized spacial score (nSPS) is 10.4. The number of ether oxygens (including phenoxy) is 2. The van der Waals surface area contributed by atoms with E-state index in [9.17, 15) is 0 Å². The molecule has 0 spiro atoms. The second kappa shape index (κ2) is 8.05. The second-order valence-corrected chi connectivity index (χ2v) is 5.37. The number of hydrogen-bond acceptors (Lipinski definition) is 3. The fourth-order valence-electron chi connectivity index (χ4n) is 1.93. The van der Waals surface area contributed by atoms with Crippen molar-refractivity contribution in [3.8, 4) is 17.2 Å². The topological polar surface area (TPSA) is 30.5 Å². The lowest BCUT2D eigenvalue weighted by Crippen LogP contribution is -2.11. The van der Waals surface area contributed by atoms with Crippen molar-refractivity contribution in [1.29, 1.82) is 0 Å². The minimum atomic E-state index is 0.617. The van der Waals surface area contributed by atoms with Gasteiger partial charge in [0.2, 0.25) is 0 Å². The van der Waals surface area contributed by atoms with Crippen LogP contribution in [0.1, 0.15) is 19.4 Å². The summed E-state index contributed by atoms with van der Waals surface area (Å²) in [5, 5.41) is 3.31. The highest BCUT2D eigenvalue weighted by molar-refractivity contribution is 9.10. The minimum absolute atomic E-state index is 0.617. The number of nitrogens with one attached hydrogen (secondary N) is 1. The Hall–Kier alpha value is -1.52. The van der Waals surface area contributed by atoms with E-state index in [-0.39, 0.29) is 0 Å². The Labute approximate surface area is 134 Å². The molecule has 0 fully saturated rings. The Balaban J connectivity index is 2.15. The third-order valence-corrected chi connectivity index (χ3v) is 3.70. The van der Waals surface area contributed by atoms with Gasteiger partial charge in [-0.15, -0.1) is 0 Å². The van der Waals surface area contributed by atoms with Crippen molar-refractivity contribution in [2.45, 2.75) is 20.4 Å². The monoisotopic (exact) mass is 349 g/mol. The lowest BCUT2D eigenvalue weighted by molar-refractivity contribution is 0.321. The molecule has 0 saturated heterocycles. The third-order valence-electron chi connectivity index (χ3n) is 2.97. The molecule has 21 heavy (non-hydrogen) atoms. The van der Waals surface area contributed by atoms with E-state index in [4.69, 9.17) is 9.47 Å². The van der Waals surface area contributed by atoms with E-state index >= 15 is 0 Å². The summed E-state index contributed by atoms with van der Waals surface area (Å²) < 4.78 is 12.5. The fourth-order valence-corrected chi connectivity index (χ4v) is 2.43. The zero-order valence-corrected chi connectivity index (χ0v) is 13.9. The second-order valence-electron chi connectivity index (χ2n) is 4.52. The molecule has 0 saturated carbocycles. The average Bonchev–Trinajstić information content (AvgIpc) is 2.49. The van der Waals surface area contributed by atoms with Crippen LogP contribution in [0, 0.1) is 0 Å². The molecule has 4 heteroatoms. The Morgan fingerprint density at radius 3 is 2.48 bits per heavy atom. The molecule has 0 heterocycles. The first kappa shape index (κ1) is 15.9. The predicted molar refractivity (Wildman–Crippen MR) is 89.2 cm³/mol. The summed E-state index contributed by atoms with van der Waals surface area (Å²) in [6, 6.07) is 13.7. The van der Waals surface area contributed by atoms with Crippen LogP contribution in [0.25, 0.3) is 0 Å². The number of rotatable bonds is 7. The summed E-state index contributed by atoms with van der Waals surface area (Å²) in [7, 11) is 0. The fraction of sp³-hybridized carbons (Fsp3) is 0.294. The summed E-state index contributed by atoms with van der Waals surface area (Å²) in [5.74, 6) is 2.27. The first-order valence-electron chi connectivity index (χ1n) is 7.13. The van der Waals surface area contributed by atoms with Crippen molar-refractivity contribution in [3.63, 3.8) is 0 Å². The highest BCUT2D eigenvalue weighted by Crippen LogP contribution is 2.33. The molecule has 0 aliphatic heterocycles. The zero-order valence-electron chi connectivity index (χ0n) is 12.4. The van der Waals surface area contributed by atoms with Crippen molar-refractivity contribution in [2.75, 3.05) is 13.2 Å². The smallest absolute Gasteiger partial charge is 0.169 e. The van der Waals surface area contributed by atoms with E-state index in [1.165, 1.54) is 5.56 Å². The first-order valence-corrected chi connectivity index (χ1v) is 7.92. The Kier molecular flexibility index (Phi) is 6.08. The van der Waals surface area contributed by atoms with Crippen LogP contribution < -0.4 is 14.8 Å². The Morgan fingerprint density at radius 2 is 1.81 bits per heavy atom. The molecule has 2 aromatic carbocycles. The van der Waals surface area contributed by atoms with E-state index in [1.807, 2.05) is 43.3 Å². The number of benzene rings is 2. The molecule has 0 atom stereocenters. The van der Waals surface area contributed by atoms with Crippen LogP contribution in [0.4, 0.5) is 0 Å². The van der Waals surface area contributed by atoms with Crippen molar-refractivity contribution in [2.24, 2.45) is 0 Å². The molecule has 112 valence electrons. The molecule has 1 N–H and O–H groups in total. The van der Waals surface area contributed by atoms with Crippen molar-refractivity contribution in [3.05, 3.63) is 52.5 Å². The molecule has 0 amide bonds. The van der Waals surface area contributed by atoms with Gasteiger partial charge < -0.3 is 14.8 Å². The summed E-state index contributed by atoms with van der Waals surface area (Å²) in [5.41, 5.74) is 1.21. The molecule has 0 radical (unpaired) electrons. The number of halogens is 1. The van der Waals surface area contributed by atoms with Crippen LogP contribution in [-0.2, 0) is 6.54 Å². The number of hydrogen-bond donors (Lipinski definition) is 1. The van der Waals surface area contributed by atoms with Gasteiger partial charge in [0.05, 0.1) is 6.61 Å². The maximum Gasteiger partial charge on any atom is 0.169 e. The van der Waals surface area contributed by atoms with Gasteiger partial charge >= 0.3 is 0 Å². The zero-order chi connectivity index (χ0) is 15.1. The van der Waals surface area contributed by atoms with Crippen molar-refractivity contribution in [1.82, 2.24) is 5.32 Å². The van der Waals surface area contributed by atoms with Crippen LogP contribution in [0.2, 0.25) is 0 Å². The van der Waals surface area contributed by atoms with E-state index in [1.54, 1.807) is 0 Å². The predicted octanol–water partition coefficient (Wildman–Crippen LogP) is 4.75. The highest BCUT2D eigenvalue weighted by Gasteiger charge is 2.07.